The van der Waals surface area contributed by atoms with Crippen LogP contribution in [-0.4, -0.2) is 23.8 Å². The molecule has 7 nitrogen and oxygen atoms in total. The van der Waals surface area contributed by atoms with E-state index in [4.69, 9.17) is 15.2 Å². The molecule has 0 spiro atoms. The zero-order valence-corrected chi connectivity index (χ0v) is 14.4. The first-order chi connectivity index (χ1) is 12.7. The third-order valence-electron chi connectivity index (χ3n) is 4.52. The van der Waals surface area contributed by atoms with E-state index in [0.717, 1.165) is 16.6 Å². The van der Waals surface area contributed by atoms with Gasteiger partial charge >= 0.3 is 0 Å². The molecule has 1 unspecified atom stereocenters. The van der Waals surface area contributed by atoms with Crippen LogP contribution in [0.4, 0.5) is 5.95 Å². The van der Waals surface area contributed by atoms with E-state index in [1.165, 1.54) is 0 Å². The first-order valence-electron chi connectivity index (χ1n) is 8.03. The van der Waals surface area contributed by atoms with Gasteiger partial charge in [-0.1, -0.05) is 12.1 Å². The SMILES string of the molecule is COc1ccc(OC)c(C2C(C#N)=C(N)Nc3nc4ccccc4n32)c1. The van der Waals surface area contributed by atoms with E-state index in [1.54, 1.807) is 14.2 Å². The Labute approximate surface area is 150 Å². The van der Waals surface area contributed by atoms with Crippen molar-refractivity contribution in [1.82, 2.24) is 9.55 Å². The van der Waals surface area contributed by atoms with Crippen LogP contribution in [0.25, 0.3) is 11.0 Å². The van der Waals surface area contributed by atoms with Crippen molar-refractivity contribution in [3.63, 3.8) is 0 Å². The second kappa shape index (κ2) is 6.01. The molecular weight excluding hydrogens is 330 g/mol. The number of para-hydroxylation sites is 2. The maximum absolute atomic E-state index is 9.78. The molecule has 0 bridgehead atoms. The van der Waals surface area contributed by atoms with Gasteiger partial charge in [0.1, 0.15) is 29.4 Å². The van der Waals surface area contributed by atoms with Gasteiger partial charge in [-0.15, -0.1) is 0 Å². The second-order valence-corrected chi connectivity index (χ2v) is 5.87. The number of imidazole rings is 1. The third-order valence-corrected chi connectivity index (χ3v) is 4.52. The summed E-state index contributed by atoms with van der Waals surface area (Å²) in [5, 5.41) is 12.8. The molecule has 2 heterocycles. The monoisotopic (exact) mass is 347 g/mol. The maximum Gasteiger partial charge on any atom is 0.210 e. The molecule has 3 N–H and O–H groups in total. The maximum atomic E-state index is 9.78. The summed E-state index contributed by atoms with van der Waals surface area (Å²) < 4.78 is 12.9. The predicted molar refractivity (Wildman–Crippen MR) is 97.9 cm³/mol. The number of nitriles is 1. The van der Waals surface area contributed by atoms with Crippen LogP contribution in [0.1, 0.15) is 11.6 Å². The van der Waals surface area contributed by atoms with E-state index in [-0.39, 0.29) is 5.82 Å². The van der Waals surface area contributed by atoms with E-state index in [9.17, 15) is 5.26 Å². The number of nitrogens with zero attached hydrogens (tertiary/aromatic N) is 3. The van der Waals surface area contributed by atoms with E-state index < -0.39 is 6.04 Å². The quantitative estimate of drug-likeness (QED) is 0.756. The van der Waals surface area contributed by atoms with E-state index in [0.29, 0.717) is 23.0 Å². The van der Waals surface area contributed by atoms with Gasteiger partial charge in [0.15, 0.2) is 0 Å². The predicted octanol–water partition coefficient (Wildman–Crippen LogP) is 2.76. The van der Waals surface area contributed by atoms with Crippen LogP contribution in [0.2, 0.25) is 0 Å². The average Bonchev–Trinajstić information content (AvgIpc) is 3.04. The number of hydrogen-bond donors (Lipinski definition) is 2. The molecule has 7 heteroatoms. The van der Waals surface area contributed by atoms with Crippen LogP contribution >= 0.6 is 0 Å². The van der Waals surface area contributed by atoms with Crippen molar-refractivity contribution in [2.75, 3.05) is 19.5 Å². The van der Waals surface area contributed by atoms with Crippen LogP contribution in [0.3, 0.4) is 0 Å². The number of ether oxygens (including phenoxy) is 2. The lowest BCUT2D eigenvalue weighted by Gasteiger charge is -2.28. The number of aromatic nitrogens is 2. The summed E-state index contributed by atoms with van der Waals surface area (Å²) in [6.45, 7) is 0. The minimum atomic E-state index is -0.478. The Morgan fingerprint density at radius 2 is 2.00 bits per heavy atom. The van der Waals surface area contributed by atoms with E-state index in [1.807, 2.05) is 47.0 Å². The number of fused-ring (bicyclic) bond motifs is 3. The highest BCUT2D eigenvalue weighted by Crippen LogP contribution is 2.42. The van der Waals surface area contributed by atoms with Gasteiger partial charge in [-0.25, -0.2) is 4.98 Å². The third kappa shape index (κ3) is 2.24. The summed E-state index contributed by atoms with van der Waals surface area (Å²) in [5.41, 5.74) is 9.01. The minimum absolute atomic E-state index is 0.283. The van der Waals surface area contributed by atoms with Crippen molar-refractivity contribution in [2.45, 2.75) is 6.04 Å². The molecule has 1 aromatic heterocycles. The van der Waals surface area contributed by atoms with Gasteiger partial charge in [-0.05, 0) is 30.3 Å². The van der Waals surface area contributed by atoms with Crippen molar-refractivity contribution < 1.29 is 9.47 Å². The second-order valence-electron chi connectivity index (χ2n) is 5.87. The van der Waals surface area contributed by atoms with Gasteiger partial charge in [0.25, 0.3) is 0 Å². The molecule has 0 saturated carbocycles. The summed E-state index contributed by atoms with van der Waals surface area (Å²) >= 11 is 0. The fraction of sp³-hybridized carbons (Fsp3) is 0.158. The molecule has 130 valence electrons. The Bertz CT molecular complexity index is 1080. The largest absolute Gasteiger partial charge is 0.497 e. The van der Waals surface area contributed by atoms with Gasteiger partial charge < -0.3 is 20.5 Å². The topological polar surface area (TPSA) is 98.1 Å². The van der Waals surface area contributed by atoms with Crippen LogP contribution in [0, 0.1) is 11.3 Å². The van der Waals surface area contributed by atoms with Gasteiger partial charge in [-0.3, -0.25) is 4.57 Å². The van der Waals surface area contributed by atoms with Crippen molar-refractivity contribution in [2.24, 2.45) is 5.73 Å². The number of methoxy groups -OCH3 is 2. The molecule has 2 aromatic carbocycles. The normalized spacial score (nSPS) is 16.0. The first-order valence-corrected chi connectivity index (χ1v) is 8.03. The highest BCUT2D eigenvalue weighted by atomic mass is 16.5. The molecule has 0 aliphatic carbocycles. The molecule has 0 saturated heterocycles. The summed E-state index contributed by atoms with van der Waals surface area (Å²) in [6, 6.07) is 15.0. The molecule has 26 heavy (non-hydrogen) atoms. The lowest BCUT2D eigenvalue weighted by Crippen LogP contribution is -2.28. The molecule has 1 atom stereocenters. The standard InChI is InChI=1S/C19H17N5O2/c1-25-11-7-8-16(26-2)12(9-11)17-13(10-20)18(21)23-19-22-14-5-3-4-6-15(14)24(17)19/h3-9,17H,21H2,1-2H3,(H,22,23). The average molecular weight is 347 g/mol. The highest BCUT2D eigenvalue weighted by Gasteiger charge is 2.33. The summed E-state index contributed by atoms with van der Waals surface area (Å²) in [6.07, 6.45) is 0. The molecule has 1 aliphatic rings. The van der Waals surface area contributed by atoms with E-state index in [2.05, 4.69) is 16.4 Å². The number of anilines is 1. The van der Waals surface area contributed by atoms with Crippen LogP contribution in [0.5, 0.6) is 11.5 Å². The van der Waals surface area contributed by atoms with Crippen LogP contribution in [0.15, 0.2) is 53.9 Å². The molecular formula is C19H17N5O2. The van der Waals surface area contributed by atoms with Gasteiger partial charge in [0.2, 0.25) is 5.95 Å². The zero-order chi connectivity index (χ0) is 18.3. The number of nitrogens with two attached hydrogens (primary N) is 1. The zero-order valence-electron chi connectivity index (χ0n) is 14.4. The lowest BCUT2D eigenvalue weighted by molar-refractivity contribution is 0.395. The minimum Gasteiger partial charge on any atom is -0.497 e. The molecule has 0 radical (unpaired) electrons. The molecule has 3 aromatic rings. The molecule has 4 rings (SSSR count). The molecule has 0 fully saturated rings. The number of allylic oxidation sites excluding steroid dienone is 1. The fourth-order valence-electron chi connectivity index (χ4n) is 3.33. The van der Waals surface area contributed by atoms with Crippen LogP contribution in [-0.2, 0) is 0 Å². The number of benzene rings is 2. The van der Waals surface area contributed by atoms with Crippen molar-refractivity contribution in [1.29, 1.82) is 5.26 Å². The number of hydrogen-bond acceptors (Lipinski definition) is 6. The van der Waals surface area contributed by atoms with Crippen LogP contribution < -0.4 is 20.5 Å². The van der Waals surface area contributed by atoms with E-state index >= 15 is 0 Å². The summed E-state index contributed by atoms with van der Waals surface area (Å²) in [4.78, 5) is 4.60. The Morgan fingerprint density at radius 3 is 2.73 bits per heavy atom. The molecule has 1 aliphatic heterocycles. The number of nitrogens with one attached hydrogen (secondary N) is 1. The first kappa shape index (κ1) is 15.8. The van der Waals surface area contributed by atoms with Crippen molar-refractivity contribution >= 4 is 17.0 Å². The Hall–Kier alpha value is -3.66. The fourth-order valence-corrected chi connectivity index (χ4v) is 3.33. The smallest absolute Gasteiger partial charge is 0.210 e. The Kier molecular flexibility index (Phi) is 3.66. The molecule has 0 amide bonds. The summed E-state index contributed by atoms with van der Waals surface area (Å²) in [7, 11) is 3.19. The van der Waals surface area contributed by atoms with Crippen molar-refractivity contribution in [3.8, 4) is 17.6 Å². The summed E-state index contributed by atoms with van der Waals surface area (Å²) in [5.74, 6) is 2.17. The van der Waals surface area contributed by atoms with Gasteiger partial charge in [0.05, 0.1) is 30.8 Å². The Balaban J connectivity index is 2.05. The lowest BCUT2D eigenvalue weighted by atomic mass is 9.96. The van der Waals surface area contributed by atoms with Gasteiger partial charge in [0, 0.05) is 5.56 Å². The van der Waals surface area contributed by atoms with Crippen molar-refractivity contribution in [3.05, 3.63) is 59.4 Å². The number of rotatable bonds is 3. The van der Waals surface area contributed by atoms with Gasteiger partial charge in [-0.2, -0.15) is 5.26 Å². The Morgan fingerprint density at radius 1 is 1.19 bits per heavy atom. The highest BCUT2D eigenvalue weighted by molar-refractivity contribution is 5.81.